The Labute approximate surface area is 148 Å². The standard InChI is InChI=1S/C20H12FNO2S/c21-18-8-2-1-7-17(18)15(13-22)11-14-5-3-6-16(12-14)24-20(23)19-9-4-10-25-19/h1-12H/b15-11-. The fraction of sp³-hybridized carbons (Fsp3) is 0. The van der Waals surface area contributed by atoms with E-state index in [1.165, 1.54) is 17.4 Å². The van der Waals surface area contributed by atoms with Crippen LogP contribution in [0.25, 0.3) is 11.6 Å². The molecule has 0 bridgehead atoms. The Balaban J connectivity index is 1.87. The first-order chi connectivity index (χ1) is 12.2. The Morgan fingerprint density at radius 3 is 2.68 bits per heavy atom. The van der Waals surface area contributed by atoms with Gasteiger partial charge in [-0.1, -0.05) is 36.4 Å². The number of carbonyl (C=O) groups is 1. The topological polar surface area (TPSA) is 50.1 Å². The number of benzene rings is 2. The lowest BCUT2D eigenvalue weighted by atomic mass is 10.0. The highest BCUT2D eigenvalue weighted by Crippen LogP contribution is 2.23. The molecule has 0 amide bonds. The van der Waals surface area contributed by atoms with Crippen LogP contribution in [0.2, 0.25) is 0 Å². The van der Waals surface area contributed by atoms with Gasteiger partial charge in [-0.25, -0.2) is 9.18 Å². The normalized spacial score (nSPS) is 11.0. The van der Waals surface area contributed by atoms with Crippen LogP contribution in [0.3, 0.4) is 0 Å². The Kier molecular flexibility index (Phi) is 5.03. The lowest BCUT2D eigenvalue weighted by molar-refractivity contribution is 0.0740. The smallest absolute Gasteiger partial charge is 0.353 e. The van der Waals surface area contributed by atoms with Gasteiger partial charge >= 0.3 is 5.97 Å². The van der Waals surface area contributed by atoms with Crippen LogP contribution in [-0.2, 0) is 0 Å². The van der Waals surface area contributed by atoms with Crippen molar-refractivity contribution in [2.45, 2.75) is 0 Å². The minimum absolute atomic E-state index is 0.194. The van der Waals surface area contributed by atoms with Crippen LogP contribution in [0.4, 0.5) is 4.39 Å². The second-order valence-corrected chi connectivity index (χ2v) is 6.04. The number of hydrogen-bond donors (Lipinski definition) is 0. The molecular formula is C20H12FNO2S. The highest BCUT2D eigenvalue weighted by molar-refractivity contribution is 7.12. The first-order valence-electron chi connectivity index (χ1n) is 7.40. The van der Waals surface area contributed by atoms with Gasteiger partial charge in [-0.15, -0.1) is 11.3 Å². The lowest BCUT2D eigenvalue weighted by Gasteiger charge is -2.05. The SMILES string of the molecule is N#C/C(=C/c1cccc(OC(=O)c2cccs2)c1)c1ccccc1F. The summed E-state index contributed by atoms with van der Waals surface area (Å²) in [7, 11) is 0. The maximum Gasteiger partial charge on any atom is 0.353 e. The molecule has 0 spiro atoms. The number of hydrogen-bond acceptors (Lipinski definition) is 4. The molecule has 3 aromatic rings. The maximum absolute atomic E-state index is 13.9. The predicted molar refractivity (Wildman–Crippen MR) is 95.6 cm³/mol. The van der Waals surface area contributed by atoms with Gasteiger partial charge in [0, 0.05) is 5.56 Å². The van der Waals surface area contributed by atoms with E-state index in [1.807, 2.05) is 6.07 Å². The number of carbonyl (C=O) groups excluding carboxylic acids is 1. The van der Waals surface area contributed by atoms with Crippen LogP contribution in [0.1, 0.15) is 20.8 Å². The summed E-state index contributed by atoms with van der Waals surface area (Å²) in [6, 6.07) is 18.3. The zero-order chi connectivity index (χ0) is 17.6. The van der Waals surface area contributed by atoms with Gasteiger partial charge in [0.2, 0.25) is 0 Å². The van der Waals surface area contributed by atoms with E-state index in [0.717, 1.165) is 0 Å². The molecule has 0 saturated carbocycles. The van der Waals surface area contributed by atoms with Gasteiger partial charge in [0.05, 0.1) is 11.6 Å². The van der Waals surface area contributed by atoms with E-state index in [0.29, 0.717) is 16.2 Å². The average molecular weight is 349 g/mol. The third kappa shape index (κ3) is 4.00. The van der Waals surface area contributed by atoms with Crippen LogP contribution in [0.15, 0.2) is 66.0 Å². The summed E-state index contributed by atoms with van der Waals surface area (Å²) in [5, 5.41) is 11.1. The molecule has 0 atom stereocenters. The molecule has 1 aromatic heterocycles. The summed E-state index contributed by atoms with van der Waals surface area (Å²) >= 11 is 1.30. The fourth-order valence-electron chi connectivity index (χ4n) is 2.24. The molecule has 0 aliphatic rings. The van der Waals surface area contributed by atoms with Crippen molar-refractivity contribution in [1.29, 1.82) is 5.26 Å². The molecule has 2 aromatic carbocycles. The Hall–Kier alpha value is -3.23. The molecule has 3 nitrogen and oxygen atoms in total. The number of thiophene rings is 1. The molecule has 0 radical (unpaired) electrons. The third-order valence-electron chi connectivity index (χ3n) is 3.39. The number of esters is 1. The monoisotopic (exact) mass is 349 g/mol. The van der Waals surface area contributed by atoms with Gasteiger partial charge in [-0.05, 0) is 41.3 Å². The minimum Gasteiger partial charge on any atom is -0.422 e. The maximum atomic E-state index is 13.9. The van der Waals surface area contributed by atoms with Crippen LogP contribution in [0.5, 0.6) is 5.75 Å². The van der Waals surface area contributed by atoms with Gasteiger partial charge in [0.25, 0.3) is 0 Å². The molecule has 0 unspecified atom stereocenters. The largest absolute Gasteiger partial charge is 0.422 e. The van der Waals surface area contributed by atoms with Crippen molar-refractivity contribution in [2.24, 2.45) is 0 Å². The quantitative estimate of drug-likeness (QED) is 0.282. The summed E-state index contributed by atoms with van der Waals surface area (Å²) in [6.07, 6.45) is 1.56. The van der Waals surface area contributed by atoms with Crippen molar-refractivity contribution >= 4 is 29.0 Å². The van der Waals surface area contributed by atoms with E-state index >= 15 is 0 Å². The zero-order valence-corrected chi connectivity index (χ0v) is 13.8. The van der Waals surface area contributed by atoms with Gasteiger partial charge in [0.1, 0.15) is 16.4 Å². The van der Waals surface area contributed by atoms with Crippen LogP contribution in [-0.4, -0.2) is 5.97 Å². The van der Waals surface area contributed by atoms with Crippen LogP contribution in [0, 0.1) is 17.1 Å². The van der Waals surface area contributed by atoms with Crippen molar-refractivity contribution in [1.82, 2.24) is 0 Å². The lowest BCUT2D eigenvalue weighted by Crippen LogP contribution is -2.06. The van der Waals surface area contributed by atoms with Crippen molar-refractivity contribution in [2.75, 3.05) is 0 Å². The van der Waals surface area contributed by atoms with Crippen molar-refractivity contribution in [3.63, 3.8) is 0 Å². The highest BCUT2D eigenvalue weighted by Gasteiger charge is 2.10. The Morgan fingerprint density at radius 1 is 1.12 bits per heavy atom. The summed E-state index contributed by atoms with van der Waals surface area (Å²) in [5.74, 6) is -0.542. The zero-order valence-electron chi connectivity index (χ0n) is 13.0. The molecule has 0 N–H and O–H groups in total. The fourth-order valence-corrected chi connectivity index (χ4v) is 2.84. The summed E-state index contributed by atoms with van der Waals surface area (Å²) in [4.78, 5) is 12.5. The molecule has 0 saturated heterocycles. The van der Waals surface area contributed by atoms with Crippen molar-refractivity contribution in [3.8, 4) is 11.8 Å². The second-order valence-electron chi connectivity index (χ2n) is 5.09. The number of ether oxygens (including phenoxy) is 1. The average Bonchev–Trinajstić information content (AvgIpc) is 3.15. The summed E-state index contributed by atoms with van der Waals surface area (Å²) in [6.45, 7) is 0. The van der Waals surface area contributed by atoms with E-state index in [-0.39, 0.29) is 11.1 Å². The molecule has 3 rings (SSSR count). The van der Waals surface area contributed by atoms with Gasteiger partial charge in [0.15, 0.2) is 0 Å². The van der Waals surface area contributed by atoms with Gasteiger partial charge in [-0.2, -0.15) is 5.26 Å². The molecule has 122 valence electrons. The van der Waals surface area contributed by atoms with E-state index in [1.54, 1.807) is 66.1 Å². The van der Waals surface area contributed by atoms with E-state index in [2.05, 4.69) is 0 Å². The second kappa shape index (κ2) is 7.56. The van der Waals surface area contributed by atoms with Gasteiger partial charge < -0.3 is 4.74 Å². The minimum atomic E-state index is -0.462. The molecular weight excluding hydrogens is 337 g/mol. The summed E-state index contributed by atoms with van der Waals surface area (Å²) < 4.78 is 19.2. The molecule has 0 aliphatic heterocycles. The molecule has 1 heterocycles. The van der Waals surface area contributed by atoms with Gasteiger partial charge in [-0.3, -0.25) is 0 Å². The first-order valence-corrected chi connectivity index (χ1v) is 8.28. The van der Waals surface area contributed by atoms with E-state index < -0.39 is 11.8 Å². The number of allylic oxidation sites excluding steroid dienone is 1. The van der Waals surface area contributed by atoms with Crippen molar-refractivity contribution in [3.05, 3.63) is 87.9 Å². The number of nitriles is 1. The molecule has 0 fully saturated rings. The van der Waals surface area contributed by atoms with Crippen molar-refractivity contribution < 1.29 is 13.9 Å². The number of rotatable bonds is 4. The number of nitrogens with zero attached hydrogens (tertiary/aromatic N) is 1. The van der Waals surface area contributed by atoms with Crippen LogP contribution < -0.4 is 4.74 Å². The van der Waals surface area contributed by atoms with E-state index in [4.69, 9.17) is 4.74 Å². The third-order valence-corrected chi connectivity index (χ3v) is 4.24. The predicted octanol–water partition coefficient (Wildman–Crippen LogP) is 5.17. The molecule has 5 heteroatoms. The Morgan fingerprint density at radius 2 is 1.96 bits per heavy atom. The van der Waals surface area contributed by atoms with Crippen LogP contribution >= 0.6 is 11.3 Å². The number of halogens is 1. The Bertz CT molecular complexity index is 971. The summed E-state index contributed by atoms with van der Waals surface area (Å²) in [5.41, 5.74) is 1.06. The molecule has 0 aliphatic carbocycles. The first kappa shape index (κ1) is 16.6. The molecule has 25 heavy (non-hydrogen) atoms. The highest BCUT2D eigenvalue weighted by atomic mass is 32.1. The van der Waals surface area contributed by atoms with E-state index in [9.17, 15) is 14.4 Å².